The molecule has 0 spiro atoms. The number of piperidine rings is 1. The van der Waals surface area contributed by atoms with Gasteiger partial charge in [0.1, 0.15) is 0 Å². The molecule has 0 saturated carbocycles. The monoisotopic (exact) mass is 316 g/mol. The lowest BCUT2D eigenvalue weighted by Gasteiger charge is -2.42. The van der Waals surface area contributed by atoms with Gasteiger partial charge in [0.2, 0.25) is 0 Å². The van der Waals surface area contributed by atoms with E-state index in [1.165, 1.54) is 12.0 Å². The first-order valence-electron chi connectivity index (χ1n) is 8.85. The number of hydrogen-bond donors (Lipinski definition) is 1. The van der Waals surface area contributed by atoms with Crippen LogP contribution in [0.5, 0.6) is 0 Å². The van der Waals surface area contributed by atoms with Crippen molar-refractivity contribution in [2.45, 2.75) is 44.9 Å². The molecule has 3 heteroatoms. The molecule has 1 aliphatic heterocycles. The molecule has 1 saturated heterocycles. The van der Waals surface area contributed by atoms with E-state index in [-0.39, 0.29) is 6.10 Å². The van der Waals surface area contributed by atoms with Gasteiger partial charge in [0.15, 0.2) is 0 Å². The normalized spacial score (nSPS) is 23.8. The summed E-state index contributed by atoms with van der Waals surface area (Å²) in [4.78, 5) is 4.91. The Bertz CT molecular complexity index is 462. The molecule has 1 N–H and O–H groups in total. The average molecular weight is 316 g/mol. The first-order valence-corrected chi connectivity index (χ1v) is 8.85. The number of likely N-dealkylation sites (tertiary alicyclic amines) is 1. The Hall–Kier alpha value is -1.16. The highest BCUT2D eigenvalue weighted by molar-refractivity contribution is 5.14. The third-order valence-corrected chi connectivity index (χ3v) is 4.96. The predicted octanol–water partition coefficient (Wildman–Crippen LogP) is 3.16. The summed E-state index contributed by atoms with van der Waals surface area (Å²) in [6.45, 7) is 10.1. The molecule has 0 amide bonds. The molecule has 23 heavy (non-hydrogen) atoms. The van der Waals surface area contributed by atoms with Crippen LogP contribution in [-0.4, -0.2) is 53.7 Å². The molecule has 1 heterocycles. The van der Waals surface area contributed by atoms with E-state index in [4.69, 9.17) is 0 Å². The summed E-state index contributed by atoms with van der Waals surface area (Å²) in [6, 6.07) is 11.3. The van der Waals surface area contributed by atoms with Crippen LogP contribution in [0.25, 0.3) is 0 Å². The van der Waals surface area contributed by atoms with Gasteiger partial charge >= 0.3 is 0 Å². The molecule has 1 aliphatic rings. The zero-order valence-electron chi connectivity index (χ0n) is 14.7. The third kappa shape index (κ3) is 5.76. The van der Waals surface area contributed by atoms with Crippen LogP contribution in [0, 0.1) is 5.92 Å². The van der Waals surface area contributed by atoms with Crippen molar-refractivity contribution in [3.63, 3.8) is 0 Å². The summed E-state index contributed by atoms with van der Waals surface area (Å²) < 4.78 is 0. The Morgan fingerprint density at radius 2 is 2.13 bits per heavy atom. The molecule has 1 aromatic rings. The van der Waals surface area contributed by atoms with E-state index in [2.05, 4.69) is 60.7 Å². The van der Waals surface area contributed by atoms with Crippen LogP contribution in [0.15, 0.2) is 43.0 Å². The van der Waals surface area contributed by atoms with Crippen molar-refractivity contribution in [1.82, 2.24) is 9.80 Å². The van der Waals surface area contributed by atoms with E-state index in [0.717, 1.165) is 39.0 Å². The first-order chi connectivity index (χ1) is 11.1. The van der Waals surface area contributed by atoms with E-state index in [1.54, 1.807) is 0 Å². The molecule has 0 aliphatic carbocycles. The van der Waals surface area contributed by atoms with E-state index in [1.807, 2.05) is 6.08 Å². The second-order valence-electron chi connectivity index (χ2n) is 7.01. The number of allylic oxidation sites excluding steroid dienone is 1. The van der Waals surface area contributed by atoms with Gasteiger partial charge in [-0.25, -0.2) is 0 Å². The van der Waals surface area contributed by atoms with Gasteiger partial charge in [-0.1, -0.05) is 43.3 Å². The number of aliphatic hydroxyl groups is 1. The van der Waals surface area contributed by atoms with Crippen LogP contribution in [0.3, 0.4) is 0 Å². The summed E-state index contributed by atoms with van der Waals surface area (Å²) in [5.41, 5.74) is 1.39. The predicted molar refractivity (Wildman–Crippen MR) is 97.4 cm³/mol. The maximum Gasteiger partial charge on any atom is 0.0670 e. The number of aliphatic hydroxyl groups excluding tert-OH is 1. The Morgan fingerprint density at radius 3 is 2.78 bits per heavy atom. The maximum absolute atomic E-state index is 10.1. The van der Waals surface area contributed by atoms with Crippen LogP contribution in [0.2, 0.25) is 0 Å². The highest BCUT2D eigenvalue weighted by Crippen LogP contribution is 2.23. The van der Waals surface area contributed by atoms with Crippen LogP contribution < -0.4 is 0 Å². The fourth-order valence-electron chi connectivity index (χ4n) is 3.73. The van der Waals surface area contributed by atoms with Gasteiger partial charge in [-0.2, -0.15) is 0 Å². The van der Waals surface area contributed by atoms with Crippen molar-refractivity contribution in [3.05, 3.63) is 48.6 Å². The van der Waals surface area contributed by atoms with Gasteiger partial charge in [-0.3, -0.25) is 4.90 Å². The molecule has 0 bridgehead atoms. The smallest absolute Gasteiger partial charge is 0.0670 e. The Kier molecular flexibility index (Phi) is 7.28. The average Bonchev–Trinajstić information content (AvgIpc) is 2.54. The number of likely N-dealkylation sites (N-methyl/N-ethyl adjacent to an activating group) is 1. The zero-order valence-corrected chi connectivity index (χ0v) is 14.7. The van der Waals surface area contributed by atoms with Crippen LogP contribution >= 0.6 is 0 Å². The molecule has 128 valence electrons. The molecule has 0 radical (unpaired) electrons. The molecule has 3 nitrogen and oxygen atoms in total. The molecule has 0 aromatic heterocycles. The highest BCUT2D eigenvalue weighted by atomic mass is 16.3. The Morgan fingerprint density at radius 1 is 1.39 bits per heavy atom. The lowest BCUT2D eigenvalue weighted by atomic mass is 9.92. The molecule has 3 unspecified atom stereocenters. The number of benzene rings is 1. The number of hydrogen-bond acceptors (Lipinski definition) is 3. The molecular weight excluding hydrogens is 284 g/mol. The van der Waals surface area contributed by atoms with E-state index < -0.39 is 0 Å². The minimum Gasteiger partial charge on any atom is -0.392 e. The summed E-state index contributed by atoms with van der Waals surface area (Å²) in [7, 11) is 2.16. The van der Waals surface area contributed by atoms with Gasteiger partial charge in [0.25, 0.3) is 0 Å². The number of nitrogens with zero attached hydrogens (tertiary/aromatic N) is 2. The Labute approximate surface area is 141 Å². The van der Waals surface area contributed by atoms with Gasteiger partial charge in [-0.05, 0) is 44.3 Å². The van der Waals surface area contributed by atoms with Gasteiger partial charge in [-0.15, -0.1) is 6.58 Å². The number of rotatable bonds is 8. The molecule has 2 rings (SSSR count). The van der Waals surface area contributed by atoms with Crippen molar-refractivity contribution in [3.8, 4) is 0 Å². The first kappa shape index (κ1) is 18.2. The minimum atomic E-state index is -0.243. The Balaban J connectivity index is 1.80. The fourth-order valence-corrected chi connectivity index (χ4v) is 3.73. The van der Waals surface area contributed by atoms with Crippen molar-refractivity contribution < 1.29 is 5.11 Å². The van der Waals surface area contributed by atoms with Crippen molar-refractivity contribution in [1.29, 1.82) is 0 Å². The molecule has 3 atom stereocenters. The molecule has 1 aromatic carbocycles. The van der Waals surface area contributed by atoms with E-state index in [0.29, 0.717) is 12.0 Å². The topological polar surface area (TPSA) is 26.7 Å². The summed E-state index contributed by atoms with van der Waals surface area (Å²) >= 11 is 0. The SMILES string of the molecule is C=CCCC(O)CN(C)C1CCN(Cc2ccccc2)CC1C. The fraction of sp³-hybridized carbons (Fsp3) is 0.600. The van der Waals surface area contributed by atoms with Gasteiger partial charge in [0, 0.05) is 25.7 Å². The third-order valence-electron chi connectivity index (χ3n) is 4.96. The van der Waals surface area contributed by atoms with Crippen LogP contribution in [0.4, 0.5) is 0 Å². The lowest BCUT2D eigenvalue weighted by molar-refractivity contribution is 0.0408. The standard InChI is InChI=1S/C20H32N2O/c1-4-5-11-19(23)16-21(3)20-12-13-22(14-17(20)2)15-18-9-7-6-8-10-18/h4,6-10,17,19-20,23H,1,5,11-16H2,2-3H3. The van der Waals surface area contributed by atoms with Crippen LogP contribution in [-0.2, 0) is 6.54 Å². The summed E-state index contributed by atoms with van der Waals surface area (Å²) in [5.74, 6) is 0.629. The minimum absolute atomic E-state index is 0.243. The van der Waals surface area contributed by atoms with Crippen LogP contribution in [0.1, 0.15) is 31.7 Å². The summed E-state index contributed by atoms with van der Waals surface area (Å²) in [6.07, 6.45) is 4.52. The molecule has 1 fully saturated rings. The van der Waals surface area contributed by atoms with E-state index in [9.17, 15) is 5.11 Å². The zero-order chi connectivity index (χ0) is 16.7. The largest absolute Gasteiger partial charge is 0.392 e. The maximum atomic E-state index is 10.1. The van der Waals surface area contributed by atoms with Crippen molar-refractivity contribution >= 4 is 0 Å². The van der Waals surface area contributed by atoms with Crippen molar-refractivity contribution in [2.75, 3.05) is 26.7 Å². The lowest BCUT2D eigenvalue weighted by Crippen LogP contribution is -2.50. The quantitative estimate of drug-likeness (QED) is 0.746. The molecular formula is C20H32N2O. The van der Waals surface area contributed by atoms with Gasteiger partial charge < -0.3 is 10.0 Å². The van der Waals surface area contributed by atoms with E-state index >= 15 is 0 Å². The van der Waals surface area contributed by atoms with Crippen molar-refractivity contribution in [2.24, 2.45) is 5.92 Å². The highest BCUT2D eigenvalue weighted by Gasteiger charge is 2.29. The van der Waals surface area contributed by atoms with Gasteiger partial charge in [0.05, 0.1) is 6.10 Å². The second kappa shape index (κ2) is 9.21. The second-order valence-corrected chi connectivity index (χ2v) is 7.01. The summed E-state index contributed by atoms with van der Waals surface area (Å²) in [5, 5.41) is 10.1.